The van der Waals surface area contributed by atoms with Gasteiger partial charge in [0.25, 0.3) is 5.56 Å². The Bertz CT molecular complexity index is 1090. The first-order valence-electron chi connectivity index (χ1n) is 14.3. The van der Waals surface area contributed by atoms with Crippen LogP contribution < -0.4 is 5.56 Å². The van der Waals surface area contributed by atoms with E-state index in [4.69, 9.17) is 4.74 Å². The summed E-state index contributed by atoms with van der Waals surface area (Å²) in [6.45, 7) is 6.57. The monoisotopic (exact) mass is 493 g/mol. The molecule has 1 amide bonds. The second kappa shape index (κ2) is 11.5. The number of hydrogen-bond donors (Lipinski definition) is 1. The number of amides is 1. The lowest BCUT2D eigenvalue weighted by Gasteiger charge is -2.48. The predicted molar refractivity (Wildman–Crippen MR) is 144 cm³/mol. The van der Waals surface area contributed by atoms with Gasteiger partial charge in [-0.15, -0.1) is 0 Å². The van der Waals surface area contributed by atoms with Gasteiger partial charge in [-0.25, -0.2) is 0 Å². The number of benzene rings is 1. The zero-order chi connectivity index (χ0) is 25.0. The van der Waals surface area contributed by atoms with E-state index in [-0.39, 0.29) is 22.9 Å². The number of H-pyrrole nitrogens is 1. The average Bonchev–Trinajstić information content (AvgIpc) is 3.16. The van der Waals surface area contributed by atoms with Gasteiger partial charge >= 0.3 is 0 Å². The van der Waals surface area contributed by atoms with Crippen molar-refractivity contribution in [3.8, 4) is 0 Å². The largest absolute Gasteiger partial charge is 0.379 e. The van der Waals surface area contributed by atoms with Crippen molar-refractivity contribution in [1.29, 1.82) is 0 Å². The van der Waals surface area contributed by atoms with Gasteiger partial charge in [-0.05, 0) is 56.2 Å². The number of nitrogens with one attached hydrogen (secondary N) is 1. The van der Waals surface area contributed by atoms with Gasteiger partial charge in [0.2, 0.25) is 5.91 Å². The number of aryl methyl sites for hydroxylation is 1. The number of aromatic nitrogens is 1. The maximum absolute atomic E-state index is 14.1. The first-order valence-corrected chi connectivity index (χ1v) is 14.3. The van der Waals surface area contributed by atoms with Gasteiger partial charge in [0.15, 0.2) is 0 Å². The average molecular weight is 494 g/mol. The summed E-state index contributed by atoms with van der Waals surface area (Å²) in [5.41, 5.74) is 2.62. The van der Waals surface area contributed by atoms with Crippen LogP contribution in [0, 0.1) is 12.8 Å². The Morgan fingerprint density at radius 3 is 2.44 bits per heavy atom. The number of morpholine rings is 1. The van der Waals surface area contributed by atoms with Crippen molar-refractivity contribution >= 4 is 16.8 Å². The lowest BCUT2D eigenvalue weighted by molar-refractivity contribution is -0.140. The molecule has 2 saturated carbocycles. The minimum absolute atomic E-state index is 0.0230. The van der Waals surface area contributed by atoms with Crippen LogP contribution in [-0.4, -0.2) is 59.1 Å². The lowest BCUT2D eigenvalue weighted by atomic mass is 9.84. The third-order valence-corrected chi connectivity index (χ3v) is 8.91. The van der Waals surface area contributed by atoms with Crippen molar-refractivity contribution in [2.24, 2.45) is 5.92 Å². The van der Waals surface area contributed by atoms with Crippen LogP contribution in [-0.2, 0) is 16.1 Å². The molecule has 0 unspecified atom stereocenters. The number of hydrogen-bond acceptors (Lipinski definition) is 4. The van der Waals surface area contributed by atoms with Gasteiger partial charge in [0, 0.05) is 42.2 Å². The fourth-order valence-corrected chi connectivity index (χ4v) is 6.87. The maximum Gasteiger partial charge on any atom is 0.253 e. The molecular formula is C30H43N3O3. The zero-order valence-corrected chi connectivity index (χ0v) is 22.0. The zero-order valence-electron chi connectivity index (χ0n) is 22.0. The highest BCUT2D eigenvalue weighted by atomic mass is 16.5. The summed E-state index contributed by atoms with van der Waals surface area (Å²) in [5, 5.41) is 1.03. The molecule has 1 aromatic carbocycles. The summed E-state index contributed by atoms with van der Waals surface area (Å²) in [6.07, 6.45) is 12.6. The van der Waals surface area contributed by atoms with Crippen LogP contribution in [0.3, 0.4) is 0 Å². The molecule has 0 atom stereocenters. The Hall–Kier alpha value is -2.18. The summed E-state index contributed by atoms with van der Waals surface area (Å²) >= 11 is 0. The minimum atomic E-state index is -0.0749. The Labute approximate surface area is 215 Å². The van der Waals surface area contributed by atoms with Crippen LogP contribution in [0.2, 0.25) is 0 Å². The Balaban J connectivity index is 1.49. The van der Waals surface area contributed by atoms with Crippen molar-refractivity contribution in [2.45, 2.75) is 89.6 Å². The summed E-state index contributed by atoms with van der Waals surface area (Å²) in [6, 6.07) is 8.12. The summed E-state index contributed by atoms with van der Waals surface area (Å²) in [4.78, 5) is 35.0. The van der Waals surface area contributed by atoms with Crippen molar-refractivity contribution in [1.82, 2.24) is 14.8 Å². The van der Waals surface area contributed by atoms with Crippen molar-refractivity contribution < 1.29 is 9.53 Å². The van der Waals surface area contributed by atoms with Gasteiger partial charge in [-0.3, -0.25) is 14.5 Å². The molecule has 6 nitrogen and oxygen atoms in total. The summed E-state index contributed by atoms with van der Waals surface area (Å²) in [7, 11) is 0. The third kappa shape index (κ3) is 5.70. The minimum Gasteiger partial charge on any atom is -0.379 e. The molecule has 0 radical (unpaired) electrons. The van der Waals surface area contributed by atoms with E-state index in [2.05, 4.69) is 27.8 Å². The van der Waals surface area contributed by atoms with E-state index >= 15 is 0 Å². The van der Waals surface area contributed by atoms with Gasteiger partial charge < -0.3 is 14.6 Å². The maximum atomic E-state index is 14.1. The van der Waals surface area contributed by atoms with Crippen LogP contribution in [0.1, 0.15) is 81.8 Å². The molecule has 0 bridgehead atoms. The summed E-state index contributed by atoms with van der Waals surface area (Å²) < 4.78 is 5.71. The number of nitrogens with zero attached hydrogens (tertiary/aromatic N) is 2. The van der Waals surface area contributed by atoms with Crippen LogP contribution in [0.4, 0.5) is 0 Å². The van der Waals surface area contributed by atoms with Gasteiger partial charge in [-0.1, -0.05) is 56.6 Å². The molecule has 1 aromatic heterocycles. The molecule has 2 aromatic rings. The van der Waals surface area contributed by atoms with Crippen molar-refractivity contribution in [3.63, 3.8) is 0 Å². The quantitative estimate of drug-likeness (QED) is 0.564. The van der Waals surface area contributed by atoms with Gasteiger partial charge in [0.1, 0.15) is 0 Å². The molecule has 3 fully saturated rings. The number of ether oxygens (including phenoxy) is 1. The second-order valence-electron chi connectivity index (χ2n) is 11.5. The van der Waals surface area contributed by atoms with E-state index in [9.17, 15) is 9.59 Å². The Morgan fingerprint density at radius 1 is 1.03 bits per heavy atom. The van der Waals surface area contributed by atoms with E-state index in [1.807, 2.05) is 18.2 Å². The number of fused-ring (bicyclic) bond motifs is 1. The third-order valence-electron chi connectivity index (χ3n) is 8.91. The van der Waals surface area contributed by atoms with E-state index < -0.39 is 0 Å². The topological polar surface area (TPSA) is 65.6 Å². The highest BCUT2D eigenvalue weighted by Gasteiger charge is 2.41. The number of pyridine rings is 1. The number of rotatable bonds is 6. The van der Waals surface area contributed by atoms with Crippen LogP contribution in [0.5, 0.6) is 0 Å². The van der Waals surface area contributed by atoms with Gasteiger partial charge in [0.05, 0.1) is 19.8 Å². The van der Waals surface area contributed by atoms with Crippen LogP contribution in [0.25, 0.3) is 10.9 Å². The fourth-order valence-electron chi connectivity index (χ4n) is 6.87. The Kier molecular flexibility index (Phi) is 8.12. The molecule has 2 aliphatic carbocycles. The van der Waals surface area contributed by atoms with E-state index in [1.165, 1.54) is 37.7 Å². The predicted octanol–water partition coefficient (Wildman–Crippen LogP) is 5.17. The molecular weight excluding hydrogens is 450 g/mol. The smallest absolute Gasteiger partial charge is 0.253 e. The van der Waals surface area contributed by atoms with Crippen molar-refractivity contribution in [3.05, 3.63) is 45.7 Å². The van der Waals surface area contributed by atoms with E-state index in [0.29, 0.717) is 18.7 Å². The Morgan fingerprint density at radius 2 is 1.72 bits per heavy atom. The van der Waals surface area contributed by atoms with E-state index in [1.54, 1.807) is 0 Å². The molecule has 36 heavy (non-hydrogen) atoms. The van der Waals surface area contributed by atoms with Crippen LogP contribution in [0.15, 0.2) is 29.1 Å². The first-order chi connectivity index (χ1) is 17.5. The highest BCUT2D eigenvalue weighted by molar-refractivity contribution is 5.81. The molecule has 2 heterocycles. The molecule has 1 aliphatic heterocycles. The van der Waals surface area contributed by atoms with Crippen molar-refractivity contribution in [2.75, 3.05) is 32.8 Å². The molecule has 0 spiro atoms. The standard InChI is InChI=1S/C30H43N3O3/c1-23-11-12-27-25(19-23)20-26(28(34)31-27)21-32(29(35)24-9-5-4-6-10-24)22-30(13-7-2-3-8-14-30)33-15-17-36-18-16-33/h11-12,19-20,24H,2-10,13-18,21-22H2,1H3,(H,31,34). The number of aromatic amines is 1. The normalized spacial score (nSPS) is 21.8. The molecule has 6 heteroatoms. The second-order valence-corrected chi connectivity index (χ2v) is 11.5. The van der Waals surface area contributed by atoms with Gasteiger partial charge in [-0.2, -0.15) is 0 Å². The van der Waals surface area contributed by atoms with E-state index in [0.717, 1.165) is 75.7 Å². The SMILES string of the molecule is Cc1ccc2[nH]c(=O)c(CN(CC3(N4CCOCC4)CCCCCC3)C(=O)C3CCCCC3)cc2c1. The number of carbonyl (C=O) groups excluding carboxylic acids is 1. The molecule has 196 valence electrons. The fraction of sp³-hybridized carbons (Fsp3) is 0.667. The molecule has 5 rings (SSSR count). The molecule has 1 N–H and O–H groups in total. The number of carbonyl (C=O) groups is 1. The lowest BCUT2D eigenvalue weighted by Crippen LogP contribution is -2.60. The first kappa shape index (κ1) is 25.5. The molecule has 1 saturated heterocycles. The highest BCUT2D eigenvalue weighted by Crippen LogP contribution is 2.36. The van der Waals surface area contributed by atoms with Crippen LogP contribution >= 0.6 is 0 Å². The molecule has 3 aliphatic rings. The summed E-state index contributed by atoms with van der Waals surface area (Å²) in [5.74, 6) is 0.350.